The summed E-state index contributed by atoms with van der Waals surface area (Å²) >= 11 is 1.67. The zero-order valence-corrected chi connectivity index (χ0v) is 10.2. The Labute approximate surface area is 104 Å². The highest BCUT2D eigenvalue weighted by molar-refractivity contribution is 7.16. The average molecular weight is 240 g/mol. The second-order valence-corrected chi connectivity index (χ2v) is 4.85. The molecule has 17 heavy (non-hydrogen) atoms. The summed E-state index contributed by atoms with van der Waals surface area (Å²) in [5.41, 5.74) is 1.34. The number of fused-ring (bicyclic) bond motifs is 1. The van der Waals surface area contributed by atoms with Crippen LogP contribution in [0.2, 0.25) is 0 Å². The zero-order valence-electron chi connectivity index (χ0n) is 9.34. The molecule has 3 rings (SSSR count). The summed E-state index contributed by atoms with van der Waals surface area (Å²) in [6, 6.07) is 12.5. The fourth-order valence-electron chi connectivity index (χ4n) is 1.81. The van der Waals surface area contributed by atoms with Crippen molar-refractivity contribution in [2.24, 2.45) is 0 Å². The normalized spacial score (nSPS) is 10.8. The zero-order chi connectivity index (χ0) is 11.5. The first kappa shape index (κ1) is 10.4. The van der Waals surface area contributed by atoms with Gasteiger partial charge in [-0.05, 0) is 23.4 Å². The van der Waals surface area contributed by atoms with Crippen molar-refractivity contribution in [1.29, 1.82) is 0 Å². The van der Waals surface area contributed by atoms with Gasteiger partial charge in [-0.15, -0.1) is 11.3 Å². The van der Waals surface area contributed by atoms with E-state index in [1.54, 1.807) is 11.3 Å². The lowest BCUT2D eigenvalue weighted by molar-refractivity contribution is 0.871. The molecule has 0 amide bonds. The van der Waals surface area contributed by atoms with E-state index in [1.165, 1.54) is 5.56 Å². The Morgan fingerprint density at radius 3 is 2.76 bits per heavy atom. The number of thiophene rings is 1. The van der Waals surface area contributed by atoms with E-state index in [2.05, 4.69) is 45.7 Å². The van der Waals surface area contributed by atoms with Crippen LogP contribution in [0.1, 0.15) is 11.4 Å². The van der Waals surface area contributed by atoms with Crippen LogP contribution in [0.15, 0.2) is 48.0 Å². The Hall–Kier alpha value is -1.74. The number of hydrogen-bond donors (Lipinski definition) is 0. The van der Waals surface area contributed by atoms with Crippen LogP contribution in [0.25, 0.3) is 10.2 Å². The van der Waals surface area contributed by atoms with Crippen molar-refractivity contribution in [1.82, 2.24) is 9.97 Å². The first-order chi connectivity index (χ1) is 8.42. The van der Waals surface area contributed by atoms with Gasteiger partial charge < -0.3 is 0 Å². The van der Waals surface area contributed by atoms with Crippen LogP contribution in [0.5, 0.6) is 0 Å². The minimum absolute atomic E-state index is 0.901. The highest BCUT2D eigenvalue weighted by Crippen LogP contribution is 2.17. The average Bonchev–Trinajstić information content (AvgIpc) is 2.85. The number of hydrogen-bond acceptors (Lipinski definition) is 3. The summed E-state index contributed by atoms with van der Waals surface area (Å²) in [5.74, 6) is 0.934. The summed E-state index contributed by atoms with van der Waals surface area (Å²) in [7, 11) is 0. The molecule has 0 spiro atoms. The van der Waals surface area contributed by atoms with Gasteiger partial charge in [0.05, 0.1) is 0 Å². The standard InChI is InChI=1S/C14H12N2S/c1-2-4-11(5-3-1)6-7-13-15-10-12-8-9-17-14(12)16-13/h1-5,8-10H,6-7H2. The van der Waals surface area contributed by atoms with Crippen molar-refractivity contribution in [2.75, 3.05) is 0 Å². The Bertz CT molecular complexity index is 616. The Morgan fingerprint density at radius 1 is 1.00 bits per heavy atom. The number of aryl methyl sites for hydroxylation is 2. The van der Waals surface area contributed by atoms with Gasteiger partial charge in [-0.1, -0.05) is 30.3 Å². The Morgan fingerprint density at radius 2 is 1.88 bits per heavy atom. The van der Waals surface area contributed by atoms with Crippen LogP contribution in [0.3, 0.4) is 0 Å². The van der Waals surface area contributed by atoms with E-state index in [9.17, 15) is 0 Å². The monoisotopic (exact) mass is 240 g/mol. The van der Waals surface area contributed by atoms with Gasteiger partial charge >= 0.3 is 0 Å². The van der Waals surface area contributed by atoms with Gasteiger partial charge in [-0.3, -0.25) is 0 Å². The number of nitrogens with zero attached hydrogens (tertiary/aromatic N) is 2. The lowest BCUT2D eigenvalue weighted by atomic mass is 10.1. The fourth-order valence-corrected chi connectivity index (χ4v) is 2.57. The topological polar surface area (TPSA) is 25.8 Å². The van der Waals surface area contributed by atoms with E-state index in [-0.39, 0.29) is 0 Å². The molecule has 0 aliphatic rings. The van der Waals surface area contributed by atoms with Crippen molar-refractivity contribution in [3.63, 3.8) is 0 Å². The van der Waals surface area contributed by atoms with E-state index < -0.39 is 0 Å². The quantitative estimate of drug-likeness (QED) is 0.700. The maximum absolute atomic E-state index is 4.56. The Kier molecular flexibility index (Phi) is 2.84. The summed E-state index contributed by atoms with van der Waals surface area (Å²) in [4.78, 5) is 10.0. The van der Waals surface area contributed by atoms with Crippen molar-refractivity contribution in [3.05, 3.63) is 59.4 Å². The van der Waals surface area contributed by atoms with Gasteiger partial charge in [0.25, 0.3) is 0 Å². The lowest BCUT2D eigenvalue weighted by Gasteiger charge is -2.00. The van der Waals surface area contributed by atoms with Crippen LogP contribution in [-0.2, 0) is 12.8 Å². The highest BCUT2D eigenvalue weighted by Gasteiger charge is 2.01. The molecule has 0 saturated carbocycles. The van der Waals surface area contributed by atoms with Crippen molar-refractivity contribution < 1.29 is 0 Å². The molecule has 84 valence electrons. The third-order valence-electron chi connectivity index (χ3n) is 2.74. The predicted octanol–water partition coefficient (Wildman–Crippen LogP) is 3.48. The summed E-state index contributed by atoms with van der Waals surface area (Å²) in [5, 5.41) is 3.19. The molecule has 3 aromatic rings. The summed E-state index contributed by atoms with van der Waals surface area (Å²) < 4.78 is 0. The van der Waals surface area contributed by atoms with Crippen LogP contribution in [-0.4, -0.2) is 9.97 Å². The fraction of sp³-hybridized carbons (Fsp3) is 0.143. The second kappa shape index (κ2) is 4.63. The van der Waals surface area contributed by atoms with Gasteiger partial charge in [0.1, 0.15) is 10.7 Å². The highest BCUT2D eigenvalue weighted by atomic mass is 32.1. The van der Waals surface area contributed by atoms with E-state index in [0.717, 1.165) is 28.9 Å². The van der Waals surface area contributed by atoms with Gasteiger partial charge in [0.15, 0.2) is 0 Å². The molecule has 0 aliphatic heterocycles. The predicted molar refractivity (Wildman–Crippen MR) is 71.3 cm³/mol. The summed E-state index contributed by atoms with van der Waals surface area (Å²) in [6.07, 6.45) is 3.81. The molecule has 2 nitrogen and oxygen atoms in total. The van der Waals surface area contributed by atoms with Gasteiger partial charge in [-0.25, -0.2) is 9.97 Å². The maximum atomic E-state index is 4.56. The lowest BCUT2D eigenvalue weighted by Crippen LogP contribution is -1.97. The number of rotatable bonds is 3. The van der Waals surface area contributed by atoms with E-state index in [1.807, 2.05) is 12.3 Å². The minimum Gasteiger partial charge on any atom is -0.241 e. The van der Waals surface area contributed by atoms with Crippen molar-refractivity contribution >= 4 is 21.6 Å². The van der Waals surface area contributed by atoms with Crippen LogP contribution in [0.4, 0.5) is 0 Å². The molecule has 0 radical (unpaired) electrons. The number of aromatic nitrogens is 2. The SMILES string of the molecule is c1ccc(CCc2ncc3ccsc3n2)cc1. The molecule has 0 saturated heterocycles. The van der Waals surface area contributed by atoms with Crippen LogP contribution in [0, 0.1) is 0 Å². The molecule has 0 bridgehead atoms. The van der Waals surface area contributed by atoms with E-state index in [4.69, 9.17) is 0 Å². The van der Waals surface area contributed by atoms with Crippen LogP contribution < -0.4 is 0 Å². The maximum Gasteiger partial charge on any atom is 0.130 e. The minimum atomic E-state index is 0.901. The second-order valence-electron chi connectivity index (χ2n) is 3.95. The van der Waals surface area contributed by atoms with Gasteiger partial charge in [-0.2, -0.15) is 0 Å². The molecule has 1 aromatic carbocycles. The molecule has 0 atom stereocenters. The summed E-state index contributed by atoms with van der Waals surface area (Å²) in [6.45, 7) is 0. The van der Waals surface area contributed by atoms with E-state index >= 15 is 0 Å². The van der Waals surface area contributed by atoms with Crippen molar-refractivity contribution in [2.45, 2.75) is 12.8 Å². The first-order valence-electron chi connectivity index (χ1n) is 5.65. The van der Waals surface area contributed by atoms with Gasteiger partial charge in [0.2, 0.25) is 0 Å². The molecule has 0 N–H and O–H groups in total. The third kappa shape index (κ3) is 2.34. The van der Waals surface area contributed by atoms with Crippen molar-refractivity contribution in [3.8, 4) is 0 Å². The molecular weight excluding hydrogens is 228 g/mol. The molecule has 0 fully saturated rings. The largest absolute Gasteiger partial charge is 0.241 e. The first-order valence-corrected chi connectivity index (χ1v) is 6.53. The van der Waals surface area contributed by atoms with Gasteiger partial charge in [0, 0.05) is 18.0 Å². The number of benzene rings is 1. The smallest absolute Gasteiger partial charge is 0.130 e. The third-order valence-corrected chi connectivity index (χ3v) is 3.56. The van der Waals surface area contributed by atoms with E-state index in [0.29, 0.717) is 0 Å². The molecular formula is C14H12N2S. The molecule has 2 heterocycles. The molecule has 0 unspecified atom stereocenters. The Balaban J connectivity index is 1.76. The molecule has 2 aromatic heterocycles. The molecule has 0 aliphatic carbocycles. The van der Waals surface area contributed by atoms with Crippen LogP contribution >= 0.6 is 11.3 Å². The molecule has 3 heteroatoms.